The summed E-state index contributed by atoms with van der Waals surface area (Å²) in [6, 6.07) is 4.23. The first kappa shape index (κ1) is 14.3. The number of nitrogens with one attached hydrogen (secondary N) is 1. The molecule has 106 valence electrons. The zero-order valence-electron chi connectivity index (χ0n) is 12.6. The second-order valence-corrected chi connectivity index (χ2v) is 6.56. The molecule has 0 amide bonds. The smallest absolute Gasteiger partial charge is 0.213 e. The fourth-order valence-electron chi connectivity index (χ4n) is 2.06. The average molecular weight is 262 g/mol. The lowest BCUT2D eigenvalue weighted by molar-refractivity contribution is 0.288. The predicted molar refractivity (Wildman–Crippen MR) is 78.5 cm³/mol. The van der Waals surface area contributed by atoms with E-state index in [1.54, 1.807) is 0 Å². The van der Waals surface area contributed by atoms with Crippen LogP contribution in [0.2, 0.25) is 0 Å². The van der Waals surface area contributed by atoms with Crippen molar-refractivity contribution in [3.8, 4) is 5.88 Å². The average Bonchev–Trinajstić information content (AvgIpc) is 3.12. The molecule has 0 spiro atoms. The minimum absolute atomic E-state index is 0.0539. The third-order valence-electron chi connectivity index (χ3n) is 3.48. The van der Waals surface area contributed by atoms with Crippen LogP contribution in [0.4, 0.5) is 0 Å². The van der Waals surface area contributed by atoms with Gasteiger partial charge in [-0.1, -0.05) is 33.6 Å². The van der Waals surface area contributed by atoms with Crippen LogP contribution in [0.5, 0.6) is 5.88 Å². The monoisotopic (exact) mass is 262 g/mol. The van der Waals surface area contributed by atoms with Crippen molar-refractivity contribution in [2.45, 2.75) is 52.0 Å². The van der Waals surface area contributed by atoms with E-state index in [2.05, 4.69) is 43.2 Å². The number of hydrogen-bond donors (Lipinski definition) is 1. The van der Waals surface area contributed by atoms with Crippen LogP contribution < -0.4 is 10.1 Å². The Morgan fingerprint density at radius 2 is 2.05 bits per heavy atom. The van der Waals surface area contributed by atoms with Gasteiger partial charge in [0.2, 0.25) is 5.88 Å². The number of ether oxygens (including phenoxy) is 1. The van der Waals surface area contributed by atoms with Crippen LogP contribution in [0.25, 0.3) is 0 Å². The Balaban J connectivity index is 2.08. The second kappa shape index (κ2) is 5.91. The highest BCUT2D eigenvalue weighted by Gasteiger charge is 2.21. The molecule has 1 aromatic rings. The molecule has 19 heavy (non-hydrogen) atoms. The summed E-state index contributed by atoms with van der Waals surface area (Å²) in [7, 11) is 1.96. The van der Waals surface area contributed by atoms with Crippen LogP contribution >= 0.6 is 0 Å². The van der Waals surface area contributed by atoms with Crippen molar-refractivity contribution < 1.29 is 4.74 Å². The largest absolute Gasteiger partial charge is 0.478 e. The zero-order valence-corrected chi connectivity index (χ0v) is 12.6. The van der Waals surface area contributed by atoms with E-state index in [-0.39, 0.29) is 5.41 Å². The van der Waals surface area contributed by atoms with Crippen molar-refractivity contribution in [3.05, 3.63) is 23.4 Å². The second-order valence-electron chi connectivity index (χ2n) is 6.56. The summed E-state index contributed by atoms with van der Waals surface area (Å²) in [6.07, 6.45) is 3.93. The first-order valence-corrected chi connectivity index (χ1v) is 7.28. The molecule has 1 saturated carbocycles. The van der Waals surface area contributed by atoms with Crippen molar-refractivity contribution in [1.82, 2.24) is 10.3 Å². The zero-order chi connectivity index (χ0) is 13.9. The van der Waals surface area contributed by atoms with Crippen molar-refractivity contribution in [1.29, 1.82) is 0 Å². The number of pyridine rings is 1. The molecule has 0 unspecified atom stereocenters. The van der Waals surface area contributed by atoms with Gasteiger partial charge in [0.05, 0.1) is 12.3 Å². The Kier molecular flexibility index (Phi) is 4.46. The van der Waals surface area contributed by atoms with Crippen LogP contribution in [-0.2, 0) is 12.0 Å². The van der Waals surface area contributed by atoms with Gasteiger partial charge in [-0.05, 0) is 31.0 Å². The maximum Gasteiger partial charge on any atom is 0.213 e. The molecule has 2 rings (SSSR count). The third-order valence-corrected chi connectivity index (χ3v) is 3.48. The first-order valence-electron chi connectivity index (χ1n) is 7.28. The Labute approximate surface area is 116 Å². The summed E-state index contributed by atoms with van der Waals surface area (Å²) in [5.74, 6) is 1.68. The fraction of sp³-hybridized carbons (Fsp3) is 0.688. The summed E-state index contributed by atoms with van der Waals surface area (Å²) in [6.45, 7) is 8.21. The molecule has 3 heteroatoms. The van der Waals surface area contributed by atoms with E-state index in [1.807, 2.05) is 7.05 Å². The molecule has 0 atom stereocenters. The first-order chi connectivity index (χ1) is 8.99. The molecule has 3 nitrogen and oxygen atoms in total. The Morgan fingerprint density at radius 3 is 2.63 bits per heavy atom. The van der Waals surface area contributed by atoms with Gasteiger partial charge in [-0.25, -0.2) is 4.98 Å². The van der Waals surface area contributed by atoms with Crippen LogP contribution in [0.1, 0.15) is 51.3 Å². The van der Waals surface area contributed by atoms with Gasteiger partial charge in [0.25, 0.3) is 0 Å². The summed E-state index contributed by atoms with van der Waals surface area (Å²) in [5.41, 5.74) is 2.39. The normalized spacial score (nSPS) is 15.6. The molecule has 1 aromatic heterocycles. The summed E-state index contributed by atoms with van der Waals surface area (Å²) < 4.78 is 5.84. The molecule has 0 bridgehead atoms. The standard InChI is InChI=1S/C16H26N2O/c1-16(2,3)14-9-13(11-17-4)10-15(18-14)19-8-7-12-5-6-12/h9-10,12,17H,5-8,11H2,1-4H3. The Hall–Kier alpha value is -1.09. The van der Waals surface area contributed by atoms with E-state index < -0.39 is 0 Å². The molecule has 1 aliphatic rings. The van der Waals surface area contributed by atoms with E-state index in [1.165, 1.54) is 24.8 Å². The van der Waals surface area contributed by atoms with E-state index in [0.29, 0.717) is 0 Å². The van der Waals surface area contributed by atoms with Crippen molar-refractivity contribution in [2.24, 2.45) is 5.92 Å². The SMILES string of the molecule is CNCc1cc(OCCC2CC2)nc(C(C)(C)C)c1. The lowest BCUT2D eigenvalue weighted by Crippen LogP contribution is -2.16. The van der Waals surface area contributed by atoms with Crippen LogP contribution in [0.3, 0.4) is 0 Å². The van der Waals surface area contributed by atoms with E-state index >= 15 is 0 Å². The maximum absolute atomic E-state index is 5.84. The van der Waals surface area contributed by atoms with Gasteiger partial charge in [-0.3, -0.25) is 0 Å². The van der Waals surface area contributed by atoms with Gasteiger partial charge >= 0.3 is 0 Å². The summed E-state index contributed by atoms with van der Waals surface area (Å²) >= 11 is 0. The molecule has 1 N–H and O–H groups in total. The predicted octanol–water partition coefficient (Wildman–Crippen LogP) is 3.28. The van der Waals surface area contributed by atoms with Gasteiger partial charge in [-0.15, -0.1) is 0 Å². The third kappa shape index (κ3) is 4.50. The number of aromatic nitrogens is 1. The van der Waals surface area contributed by atoms with Crippen molar-refractivity contribution in [3.63, 3.8) is 0 Å². The van der Waals surface area contributed by atoms with Gasteiger partial charge < -0.3 is 10.1 Å². The van der Waals surface area contributed by atoms with E-state index in [4.69, 9.17) is 4.74 Å². The van der Waals surface area contributed by atoms with Gasteiger partial charge in [0, 0.05) is 18.0 Å². The maximum atomic E-state index is 5.84. The van der Waals surface area contributed by atoms with E-state index in [0.717, 1.165) is 30.6 Å². The number of rotatable bonds is 6. The van der Waals surface area contributed by atoms with Gasteiger partial charge in [0.1, 0.15) is 0 Å². The summed E-state index contributed by atoms with van der Waals surface area (Å²) in [5, 5.41) is 3.19. The lowest BCUT2D eigenvalue weighted by atomic mass is 9.91. The lowest BCUT2D eigenvalue weighted by Gasteiger charge is -2.20. The fourth-order valence-corrected chi connectivity index (χ4v) is 2.06. The van der Waals surface area contributed by atoms with Crippen LogP contribution in [-0.4, -0.2) is 18.6 Å². The van der Waals surface area contributed by atoms with Gasteiger partial charge in [-0.2, -0.15) is 0 Å². The molecule has 0 aromatic carbocycles. The van der Waals surface area contributed by atoms with Crippen molar-refractivity contribution >= 4 is 0 Å². The Morgan fingerprint density at radius 1 is 1.32 bits per heavy atom. The highest BCUT2D eigenvalue weighted by molar-refractivity contribution is 5.28. The number of hydrogen-bond acceptors (Lipinski definition) is 3. The topological polar surface area (TPSA) is 34.1 Å². The van der Waals surface area contributed by atoms with Crippen LogP contribution in [0.15, 0.2) is 12.1 Å². The quantitative estimate of drug-likeness (QED) is 0.854. The molecule has 1 aliphatic carbocycles. The molecule has 0 saturated heterocycles. The molecular weight excluding hydrogens is 236 g/mol. The molecule has 0 aliphatic heterocycles. The number of nitrogens with zero attached hydrogens (tertiary/aromatic N) is 1. The molecular formula is C16H26N2O. The Bertz CT molecular complexity index is 419. The minimum Gasteiger partial charge on any atom is -0.478 e. The van der Waals surface area contributed by atoms with E-state index in [9.17, 15) is 0 Å². The summed E-state index contributed by atoms with van der Waals surface area (Å²) in [4.78, 5) is 4.65. The van der Waals surface area contributed by atoms with Crippen LogP contribution in [0, 0.1) is 5.92 Å². The molecule has 0 radical (unpaired) electrons. The highest BCUT2D eigenvalue weighted by Crippen LogP contribution is 2.32. The molecule has 1 heterocycles. The van der Waals surface area contributed by atoms with Crippen molar-refractivity contribution in [2.75, 3.05) is 13.7 Å². The van der Waals surface area contributed by atoms with Gasteiger partial charge in [0.15, 0.2) is 0 Å². The molecule has 1 fully saturated rings. The highest BCUT2D eigenvalue weighted by atomic mass is 16.5. The minimum atomic E-state index is 0.0539.